The molecule has 0 aliphatic heterocycles. The predicted octanol–water partition coefficient (Wildman–Crippen LogP) is 4.65. The molecule has 0 aliphatic rings. The molecule has 0 fully saturated rings. The van der Waals surface area contributed by atoms with Crippen LogP contribution in [0, 0.1) is 6.92 Å². The summed E-state index contributed by atoms with van der Waals surface area (Å²) in [4.78, 5) is 20.4. The van der Waals surface area contributed by atoms with Gasteiger partial charge in [-0.15, -0.1) is 11.3 Å². The zero-order valence-corrected chi connectivity index (χ0v) is 14.5. The van der Waals surface area contributed by atoms with Crippen LogP contribution in [-0.4, -0.2) is 15.9 Å². The van der Waals surface area contributed by atoms with Crippen LogP contribution in [0.3, 0.4) is 0 Å². The number of carbonyl (C=O) groups excluding carboxylic acids is 1. The molecule has 0 spiro atoms. The van der Waals surface area contributed by atoms with Crippen LogP contribution in [-0.2, 0) is 0 Å². The third-order valence-corrected chi connectivity index (χ3v) is 4.28. The fraction of sp³-hybridized carbons (Fsp3) is 0.0625. The summed E-state index contributed by atoms with van der Waals surface area (Å²) in [5.41, 5.74) is 1.32. The zero-order valence-electron chi connectivity index (χ0n) is 12.1. The number of rotatable bonds is 4. The van der Waals surface area contributed by atoms with Gasteiger partial charge >= 0.3 is 0 Å². The van der Waals surface area contributed by atoms with Gasteiger partial charge in [-0.2, -0.15) is 0 Å². The summed E-state index contributed by atoms with van der Waals surface area (Å²) in [5.74, 6) is 0.854. The molecular weight excluding hydrogens is 378 g/mol. The third-order valence-electron chi connectivity index (χ3n) is 2.87. The van der Waals surface area contributed by atoms with Crippen LogP contribution in [0.15, 0.2) is 52.4 Å². The molecule has 3 aromatic rings. The number of carbonyl (C=O) groups is 1. The minimum atomic E-state index is -0.248. The van der Waals surface area contributed by atoms with Crippen molar-refractivity contribution >= 4 is 38.3 Å². The number of benzene rings is 1. The fourth-order valence-corrected chi connectivity index (χ4v) is 2.73. The van der Waals surface area contributed by atoms with Crippen molar-refractivity contribution in [3.63, 3.8) is 0 Å². The number of hydrogen-bond acceptors (Lipinski definition) is 5. The van der Waals surface area contributed by atoms with Gasteiger partial charge < -0.3 is 4.74 Å². The van der Waals surface area contributed by atoms with Gasteiger partial charge in [0.15, 0.2) is 5.13 Å². The van der Waals surface area contributed by atoms with Gasteiger partial charge in [-0.1, -0.05) is 15.9 Å². The Kier molecular flexibility index (Phi) is 4.68. The fourth-order valence-electron chi connectivity index (χ4n) is 1.78. The Balaban J connectivity index is 1.66. The van der Waals surface area contributed by atoms with Gasteiger partial charge in [0.25, 0.3) is 5.91 Å². The highest BCUT2D eigenvalue weighted by Gasteiger charge is 2.09. The Labute approximate surface area is 145 Å². The highest BCUT2D eigenvalue weighted by Crippen LogP contribution is 2.22. The Morgan fingerprint density at radius 1 is 1.22 bits per heavy atom. The molecule has 3 rings (SSSR count). The highest BCUT2D eigenvalue weighted by molar-refractivity contribution is 9.10. The minimum Gasteiger partial charge on any atom is -0.439 e. The largest absolute Gasteiger partial charge is 0.439 e. The first-order valence-electron chi connectivity index (χ1n) is 6.73. The molecule has 0 aliphatic carbocycles. The SMILES string of the molecule is Cc1csc(NC(=O)c2ccc(Oc3ccc(Br)cc3)nc2)n1. The van der Waals surface area contributed by atoms with Crippen LogP contribution in [0.5, 0.6) is 11.6 Å². The van der Waals surface area contributed by atoms with Gasteiger partial charge in [0.2, 0.25) is 5.88 Å². The maximum Gasteiger partial charge on any atom is 0.259 e. The summed E-state index contributed by atoms with van der Waals surface area (Å²) in [6, 6.07) is 10.7. The van der Waals surface area contributed by atoms with Crippen LogP contribution in [0.1, 0.15) is 16.1 Å². The summed E-state index contributed by atoms with van der Waals surface area (Å²) in [6.07, 6.45) is 1.48. The van der Waals surface area contributed by atoms with Crippen LogP contribution in [0.2, 0.25) is 0 Å². The van der Waals surface area contributed by atoms with Crippen molar-refractivity contribution in [2.24, 2.45) is 0 Å². The predicted molar refractivity (Wildman–Crippen MR) is 93.3 cm³/mol. The van der Waals surface area contributed by atoms with E-state index in [9.17, 15) is 4.79 Å². The lowest BCUT2D eigenvalue weighted by atomic mass is 10.3. The van der Waals surface area contributed by atoms with E-state index in [1.165, 1.54) is 17.5 Å². The first-order valence-corrected chi connectivity index (χ1v) is 8.40. The van der Waals surface area contributed by atoms with Crippen LogP contribution < -0.4 is 10.1 Å². The number of nitrogens with zero attached hydrogens (tertiary/aromatic N) is 2. The molecule has 2 heterocycles. The van der Waals surface area contributed by atoms with Crippen molar-refractivity contribution in [1.82, 2.24) is 9.97 Å². The molecule has 1 aromatic carbocycles. The Bertz CT molecular complexity index is 816. The normalized spacial score (nSPS) is 10.3. The first kappa shape index (κ1) is 15.6. The highest BCUT2D eigenvalue weighted by atomic mass is 79.9. The number of amides is 1. The van der Waals surface area contributed by atoms with E-state index in [1.807, 2.05) is 36.6 Å². The number of aryl methyl sites for hydroxylation is 1. The van der Waals surface area contributed by atoms with E-state index in [-0.39, 0.29) is 5.91 Å². The molecule has 0 saturated carbocycles. The van der Waals surface area contributed by atoms with Gasteiger partial charge in [0.05, 0.1) is 11.3 Å². The Morgan fingerprint density at radius 3 is 2.61 bits per heavy atom. The number of halogens is 1. The maximum absolute atomic E-state index is 12.1. The second-order valence-corrected chi connectivity index (χ2v) is 6.46. The molecule has 116 valence electrons. The van der Waals surface area contributed by atoms with Crippen molar-refractivity contribution in [3.05, 3.63) is 63.7 Å². The van der Waals surface area contributed by atoms with Gasteiger partial charge in [0.1, 0.15) is 5.75 Å². The van der Waals surface area contributed by atoms with Gasteiger partial charge in [-0.3, -0.25) is 10.1 Å². The van der Waals surface area contributed by atoms with E-state index in [1.54, 1.807) is 12.1 Å². The number of aromatic nitrogens is 2. The van der Waals surface area contributed by atoms with Crippen LogP contribution in [0.25, 0.3) is 0 Å². The average Bonchev–Trinajstić information content (AvgIpc) is 2.95. The van der Waals surface area contributed by atoms with E-state index in [0.717, 1.165) is 10.2 Å². The van der Waals surface area contributed by atoms with E-state index in [0.29, 0.717) is 22.3 Å². The average molecular weight is 390 g/mol. The number of anilines is 1. The minimum absolute atomic E-state index is 0.248. The first-order chi connectivity index (χ1) is 11.1. The molecule has 1 amide bonds. The van der Waals surface area contributed by atoms with Crippen molar-refractivity contribution in [2.75, 3.05) is 5.32 Å². The van der Waals surface area contributed by atoms with Crippen LogP contribution in [0.4, 0.5) is 5.13 Å². The molecule has 0 radical (unpaired) electrons. The molecule has 2 aromatic heterocycles. The summed E-state index contributed by atoms with van der Waals surface area (Å²) in [5, 5.41) is 5.19. The van der Waals surface area contributed by atoms with Crippen molar-refractivity contribution < 1.29 is 9.53 Å². The number of thiazole rings is 1. The molecule has 5 nitrogen and oxygen atoms in total. The Hall–Kier alpha value is -2.25. The third kappa shape index (κ3) is 4.14. The topological polar surface area (TPSA) is 64.1 Å². The monoisotopic (exact) mass is 389 g/mol. The summed E-state index contributed by atoms with van der Waals surface area (Å²) < 4.78 is 6.59. The molecular formula is C16H12BrN3O2S. The molecule has 0 bridgehead atoms. The Morgan fingerprint density at radius 2 is 2.00 bits per heavy atom. The van der Waals surface area contributed by atoms with Crippen molar-refractivity contribution in [1.29, 1.82) is 0 Å². The van der Waals surface area contributed by atoms with Gasteiger partial charge in [-0.05, 0) is 37.3 Å². The maximum atomic E-state index is 12.1. The number of nitrogens with one attached hydrogen (secondary N) is 1. The standard InChI is InChI=1S/C16H12BrN3O2S/c1-10-9-23-16(19-10)20-15(21)11-2-7-14(18-8-11)22-13-5-3-12(17)4-6-13/h2-9H,1H3,(H,19,20,21). The molecule has 0 unspecified atom stereocenters. The lowest BCUT2D eigenvalue weighted by Gasteiger charge is -2.06. The number of ether oxygens (including phenoxy) is 1. The summed E-state index contributed by atoms with van der Waals surface area (Å²) in [7, 11) is 0. The summed E-state index contributed by atoms with van der Waals surface area (Å²) >= 11 is 4.75. The smallest absolute Gasteiger partial charge is 0.259 e. The zero-order chi connectivity index (χ0) is 16.2. The van der Waals surface area contributed by atoms with Gasteiger partial charge in [0, 0.05) is 22.1 Å². The molecule has 0 atom stereocenters. The van der Waals surface area contributed by atoms with Crippen molar-refractivity contribution in [2.45, 2.75) is 6.92 Å². The van der Waals surface area contributed by atoms with E-state index in [4.69, 9.17) is 4.74 Å². The van der Waals surface area contributed by atoms with Crippen LogP contribution >= 0.6 is 27.3 Å². The number of pyridine rings is 1. The molecule has 7 heteroatoms. The second-order valence-electron chi connectivity index (χ2n) is 4.69. The van der Waals surface area contributed by atoms with E-state index < -0.39 is 0 Å². The second kappa shape index (κ2) is 6.89. The molecule has 1 N–H and O–H groups in total. The van der Waals surface area contributed by atoms with Crippen molar-refractivity contribution in [3.8, 4) is 11.6 Å². The summed E-state index contributed by atoms with van der Waals surface area (Å²) in [6.45, 7) is 1.88. The van der Waals surface area contributed by atoms with Gasteiger partial charge in [-0.25, -0.2) is 9.97 Å². The van der Waals surface area contributed by atoms with E-state index >= 15 is 0 Å². The molecule has 0 saturated heterocycles. The molecule has 23 heavy (non-hydrogen) atoms. The lowest BCUT2D eigenvalue weighted by molar-refractivity contribution is 0.102. The van der Waals surface area contributed by atoms with E-state index in [2.05, 4.69) is 31.2 Å². The lowest BCUT2D eigenvalue weighted by Crippen LogP contribution is -2.12. The quantitative estimate of drug-likeness (QED) is 0.704. The number of hydrogen-bond donors (Lipinski definition) is 1.